The second kappa shape index (κ2) is 5.52. The number of carbonyl (C=O) groups excluding carboxylic acids is 1. The molecule has 2 N–H and O–H groups in total. The summed E-state index contributed by atoms with van der Waals surface area (Å²) in [6.45, 7) is 4.70. The Kier molecular flexibility index (Phi) is 3.56. The van der Waals surface area contributed by atoms with Gasteiger partial charge in [-0.2, -0.15) is 0 Å². The van der Waals surface area contributed by atoms with Crippen LogP contribution in [-0.4, -0.2) is 15.9 Å². The number of anilines is 1. The monoisotopic (exact) mass is 282 g/mol. The number of aromatic nitrogens is 2. The van der Waals surface area contributed by atoms with Crippen LogP contribution in [0, 0.1) is 6.92 Å². The number of benzene rings is 1. The number of hydrogen-bond donors (Lipinski definition) is 2. The van der Waals surface area contributed by atoms with Crippen LogP contribution in [-0.2, 0) is 6.54 Å². The Morgan fingerprint density at radius 1 is 1.33 bits per heavy atom. The quantitative estimate of drug-likeness (QED) is 0.904. The van der Waals surface area contributed by atoms with E-state index in [1.54, 1.807) is 6.20 Å². The zero-order valence-corrected chi connectivity index (χ0v) is 12.2. The molecule has 1 aromatic heterocycles. The van der Waals surface area contributed by atoms with Gasteiger partial charge in [0.1, 0.15) is 5.69 Å². The molecule has 2 heterocycles. The highest BCUT2D eigenvalue weighted by molar-refractivity contribution is 5.96. The standard InChI is InChI=1S/C16H18N4O/c1-3-13(11-6-4-10(2)5-7-11)19-16-18-9-12-8-17-15(21)14(12)20-16/h4-7,9,13H,3,8H2,1-2H3,(H,17,21)(H,18,19,20). The van der Waals surface area contributed by atoms with Gasteiger partial charge in [-0.1, -0.05) is 36.8 Å². The smallest absolute Gasteiger partial charge is 0.270 e. The van der Waals surface area contributed by atoms with Crippen LogP contribution in [0.5, 0.6) is 0 Å². The third-order valence-electron chi connectivity index (χ3n) is 3.71. The maximum atomic E-state index is 11.7. The van der Waals surface area contributed by atoms with E-state index in [9.17, 15) is 4.79 Å². The van der Waals surface area contributed by atoms with Crippen LogP contribution in [0.4, 0.5) is 5.95 Å². The van der Waals surface area contributed by atoms with Crippen molar-refractivity contribution >= 4 is 11.9 Å². The van der Waals surface area contributed by atoms with Crippen LogP contribution < -0.4 is 10.6 Å². The summed E-state index contributed by atoms with van der Waals surface area (Å²) in [6.07, 6.45) is 2.63. The molecule has 3 rings (SSSR count). The molecule has 0 fully saturated rings. The molecule has 1 amide bonds. The van der Waals surface area contributed by atoms with Gasteiger partial charge in [0.05, 0.1) is 6.04 Å². The number of carbonyl (C=O) groups is 1. The Labute approximate surface area is 123 Å². The lowest BCUT2D eigenvalue weighted by Gasteiger charge is -2.17. The maximum Gasteiger partial charge on any atom is 0.270 e. The topological polar surface area (TPSA) is 66.9 Å². The zero-order chi connectivity index (χ0) is 14.8. The van der Waals surface area contributed by atoms with Crippen LogP contribution >= 0.6 is 0 Å². The summed E-state index contributed by atoms with van der Waals surface area (Å²) in [6, 6.07) is 8.54. The fraction of sp³-hybridized carbons (Fsp3) is 0.312. The Hall–Kier alpha value is -2.43. The molecular weight excluding hydrogens is 264 g/mol. The van der Waals surface area contributed by atoms with E-state index in [0.717, 1.165) is 12.0 Å². The molecule has 0 saturated heterocycles. The molecule has 1 aromatic carbocycles. The van der Waals surface area contributed by atoms with E-state index in [4.69, 9.17) is 0 Å². The highest BCUT2D eigenvalue weighted by atomic mass is 16.2. The third kappa shape index (κ3) is 2.72. The van der Waals surface area contributed by atoms with Crippen molar-refractivity contribution < 1.29 is 4.79 Å². The van der Waals surface area contributed by atoms with Gasteiger partial charge in [0.25, 0.3) is 5.91 Å². The summed E-state index contributed by atoms with van der Waals surface area (Å²) in [5.74, 6) is 0.372. The minimum absolute atomic E-state index is 0.126. The number of amides is 1. The van der Waals surface area contributed by atoms with Crippen LogP contribution in [0.15, 0.2) is 30.5 Å². The van der Waals surface area contributed by atoms with E-state index in [0.29, 0.717) is 18.2 Å². The summed E-state index contributed by atoms with van der Waals surface area (Å²) < 4.78 is 0. The van der Waals surface area contributed by atoms with Crippen LogP contribution in [0.3, 0.4) is 0 Å². The predicted octanol–water partition coefficient (Wildman–Crippen LogP) is 2.59. The van der Waals surface area contributed by atoms with Crippen molar-refractivity contribution in [1.82, 2.24) is 15.3 Å². The van der Waals surface area contributed by atoms with E-state index in [1.165, 1.54) is 11.1 Å². The van der Waals surface area contributed by atoms with Crippen molar-refractivity contribution in [2.24, 2.45) is 0 Å². The van der Waals surface area contributed by atoms with Crippen molar-refractivity contribution in [3.63, 3.8) is 0 Å². The van der Waals surface area contributed by atoms with Gasteiger partial charge in [0.2, 0.25) is 5.95 Å². The van der Waals surface area contributed by atoms with Crippen LogP contribution in [0.1, 0.15) is 46.6 Å². The average molecular weight is 282 g/mol. The van der Waals surface area contributed by atoms with Crippen LogP contribution in [0.2, 0.25) is 0 Å². The number of fused-ring (bicyclic) bond motifs is 1. The normalized spacial score (nSPS) is 14.5. The molecule has 1 unspecified atom stereocenters. The minimum Gasteiger partial charge on any atom is -0.347 e. The fourth-order valence-corrected chi connectivity index (χ4v) is 2.44. The zero-order valence-electron chi connectivity index (χ0n) is 12.2. The van der Waals surface area contributed by atoms with E-state index >= 15 is 0 Å². The molecule has 2 aromatic rings. The fourth-order valence-electron chi connectivity index (χ4n) is 2.44. The number of rotatable bonds is 4. The van der Waals surface area contributed by atoms with Gasteiger partial charge in [-0.15, -0.1) is 0 Å². The number of nitrogens with zero attached hydrogens (tertiary/aromatic N) is 2. The second-order valence-electron chi connectivity index (χ2n) is 5.27. The predicted molar refractivity (Wildman–Crippen MR) is 81.0 cm³/mol. The molecule has 5 nitrogen and oxygen atoms in total. The van der Waals surface area contributed by atoms with Gasteiger partial charge < -0.3 is 10.6 Å². The number of nitrogens with one attached hydrogen (secondary N) is 2. The van der Waals surface area contributed by atoms with Gasteiger partial charge in [-0.25, -0.2) is 9.97 Å². The maximum absolute atomic E-state index is 11.7. The van der Waals surface area contributed by atoms with E-state index < -0.39 is 0 Å². The highest BCUT2D eigenvalue weighted by Crippen LogP contribution is 2.22. The lowest BCUT2D eigenvalue weighted by atomic mass is 10.0. The molecule has 1 aliphatic heterocycles. The first-order valence-corrected chi connectivity index (χ1v) is 7.14. The van der Waals surface area contributed by atoms with Gasteiger partial charge >= 0.3 is 0 Å². The summed E-state index contributed by atoms with van der Waals surface area (Å²) in [5, 5.41) is 6.06. The largest absolute Gasteiger partial charge is 0.347 e. The van der Waals surface area contributed by atoms with Crippen molar-refractivity contribution in [2.75, 3.05) is 5.32 Å². The van der Waals surface area contributed by atoms with Gasteiger partial charge in [-0.3, -0.25) is 4.79 Å². The summed E-state index contributed by atoms with van der Waals surface area (Å²) in [5.41, 5.74) is 3.76. The highest BCUT2D eigenvalue weighted by Gasteiger charge is 2.22. The van der Waals surface area contributed by atoms with E-state index in [-0.39, 0.29) is 11.9 Å². The first-order valence-electron chi connectivity index (χ1n) is 7.14. The SMILES string of the molecule is CCC(Nc1ncc2c(n1)C(=O)NC2)c1ccc(C)cc1. The Morgan fingerprint density at radius 3 is 2.81 bits per heavy atom. The van der Waals surface area contributed by atoms with Gasteiger partial charge in [0, 0.05) is 18.3 Å². The molecule has 1 aliphatic rings. The summed E-state index contributed by atoms with van der Waals surface area (Å²) >= 11 is 0. The molecule has 0 saturated carbocycles. The Bertz CT molecular complexity index is 666. The van der Waals surface area contributed by atoms with Crippen molar-refractivity contribution in [3.8, 4) is 0 Å². The molecule has 108 valence electrons. The summed E-state index contributed by atoms with van der Waals surface area (Å²) in [7, 11) is 0. The molecule has 0 bridgehead atoms. The summed E-state index contributed by atoms with van der Waals surface area (Å²) in [4.78, 5) is 20.3. The van der Waals surface area contributed by atoms with Gasteiger partial charge in [0.15, 0.2) is 0 Å². The molecular formula is C16H18N4O. The van der Waals surface area contributed by atoms with Crippen molar-refractivity contribution in [3.05, 3.63) is 52.8 Å². The molecule has 5 heteroatoms. The molecule has 0 spiro atoms. The first kappa shape index (κ1) is 13.5. The minimum atomic E-state index is -0.126. The lowest BCUT2D eigenvalue weighted by Crippen LogP contribution is -2.15. The number of aryl methyl sites for hydroxylation is 1. The third-order valence-corrected chi connectivity index (χ3v) is 3.71. The van der Waals surface area contributed by atoms with E-state index in [1.807, 2.05) is 0 Å². The number of hydrogen-bond acceptors (Lipinski definition) is 4. The Morgan fingerprint density at radius 2 is 2.10 bits per heavy atom. The average Bonchev–Trinajstić information content (AvgIpc) is 2.87. The molecule has 0 radical (unpaired) electrons. The Balaban J connectivity index is 1.83. The van der Waals surface area contributed by atoms with Crippen molar-refractivity contribution in [2.45, 2.75) is 32.9 Å². The first-order chi connectivity index (χ1) is 10.2. The lowest BCUT2D eigenvalue weighted by molar-refractivity contribution is 0.0961. The molecule has 1 atom stereocenters. The molecule has 0 aliphatic carbocycles. The van der Waals surface area contributed by atoms with Crippen LogP contribution in [0.25, 0.3) is 0 Å². The second-order valence-corrected chi connectivity index (χ2v) is 5.27. The van der Waals surface area contributed by atoms with E-state index in [2.05, 4.69) is 58.7 Å². The van der Waals surface area contributed by atoms with Gasteiger partial charge in [-0.05, 0) is 18.9 Å². The van der Waals surface area contributed by atoms with Crippen molar-refractivity contribution in [1.29, 1.82) is 0 Å². The molecule has 21 heavy (non-hydrogen) atoms.